The van der Waals surface area contributed by atoms with E-state index in [4.69, 9.17) is 9.84 Å². The Morgan fingerprint density at radius 3 is 2.47 bits per heavy atom. The molecule has 1 amide bonds. The summed E-state index contributed by atoms with van der Waals surface area (Å²) in [6, 6.07) is -0.725. The van der Waals surface area contributed by atoms with Crippen molar-refractivity contribution < 1.29 is 19.4 Å². The van der Waals surface area contributed by atoms with E-state index in [1.165, 1.54) is 0 Å². The summed E-state index contributed by atoms with van der Waals surface area (Å²) in [7, 11) is 0. The maximum absolute atomic E-state index is 11.6. The molecule has 86 valence electrons. The van der Waals surface area contributed by atoms with Gasteiger partial charge in [0.1, 0.15) is 11.8 Å². The van der Waals surface area contributed by atoms with E-state index in [2.05, 4.69) is 15.9 Å². The molecule has 0 unspecified atom stereocenters. The predicted octanol–water partition coefficient (Wildman–Crippen LogP) is 1.45. The van der Waals surface area contributed by atoms with Gasteiger partial charge in [0, 0.05) is 0 Å². The van der Waals surface area contributed by atoms with Gasteiger partial charge in [0.05, 0.1) is 11.4 Å². The van der Waals surface area contributed by atoms with E-state index in [1.807, 2.05) is 0 Å². The number of alkyl halides is 1. The lowest BCUT2D eigenvalue weighted by molar-refractivity contribution is -0.121. The number of ether oxygens (including phenoxy) is 1. The maximum atomic E-state index is 11.6. The van der Waals surface area contributed by atoms with Gasteiger partial charge >= 0.3 is 6.09 Å². The number of carbonyl (C=O) groups is 2. The van der Waals surface area contributed by atoms with Crippen LogP contribution in [0.3, 0.4) is 0 Å². The minimum Gasteiger partial charge on any atom is -0.465 e. The zero-order chi connectivity index (χ0) is 11.8. The predicted molar refractivity (Wildman–Crippen MR) is 57.1 cm³/mol. The molecule has 1 aliphatic rings. The summed E-state index contributed by atoms with van der Waals surface area (Å²) in [5.41, 5.74) is -0.951. The number of hydrogen-bond acceptors (Lipinski definition) is 3. The lowest BCUT2D eigenvalue weighted by Crippen LogP contribution is -2.51. The van der Waals surface area contributed by atoms with Crippen molar-refractivity contribution in [3.8, 4) is 0 Å². The monoisotopic (exact) mass is 279 g/mol. The molecule has 1 aliphatic heterocycles. The maximum Gasteiger partial charge on any atom is 0.410 e. The third-order valence-corrected chi connectivity index (χ3v) is 3.00. The van der Waals surface area contributed by atoms with E-state index in [0.717, 1.165) is 4.90 Å². The van der Waals surface area contributed by atoms with Crippen molar-refractivity contribution in [1.82, 2.24) is 4.90 Å². The second-order valence-electron chi connectivity index (χ2n) is 3.97. The summed E-state index contributed by atoms with van der Waals surface area (Å²) in [5, 5.41) is 9.19. The minimum absolute atomic E-state index is 0.130. The molecule has 0 aliphatic carbocycles. The highest BCUT2D eigenvalue weighted by Gasteiger charge is 2.50. The Morgan fingerprint density at radius 1 is 1.53 bits per heavy atom. The van der Waals surface area contributed by atoms with Crippen LogP contribution in [-0.4, -0.2) is 45.1 Å². The van der Waals surface area contributed by atoms with Crippen molar-refractivity contribution in [3.05, 3.63) is 0 Å². The molecule has 6 heteroatoms. The minimum atomic E-state index is -1.14. The normalized spacial score (nSPS) is 29.2. The summed E-state index contributed by atoms with van der Waals surface area (Å²) >= 11 is 3.04. The zero-order valence-electron chi connectivity index (χ0n) is 8.86. The quantitative estimate of drug-likeness (QED) is 0.777. The number of amides is 1. The van der Waals surface area contributed by atoms with Crippen LogP contribution in [0.5, 0.6) is 0 Å². The van der Waals surface area contributed by atoms with Crippen LogP contribution in [0.25, 0.3) is 0 Å². The highest BCUT2D eigenvalue weighted by atomic mass is 79.9. The fraction of sp³-hybridized carbons (Fsp3) is 0.778. The topological polar surface area (TPSA) is 66.8 Å². The van der Waals surface area contributed by atoms with Crippen molar-refractivity contribution in [1.29, 1.82) is 0 Å². The van der Waals surface area contributed by atoms with Crippen LogP contribution in [0.15, 0.2) is 0 Å². The van der Waals surface area contributed by atoms with E-state index in [-0.39, 0.29) is 11.1 Å². The Bertz CT molecular complexity index is 292. The average molecular weight is 280 g/mol. The molecule has 0 aromatic heterocycles. The van der Waals surface area contributed by atoms with Gasteiger partial charge in [0.15, 0.2) is 5.78 Å². The van der Waals surface area contributed by atoms with Crippen LogP contribution < -0.4 is 0 Å². The van der Waals surface area contributed by atoms with E-state index in [9.17, 15) is 9.59 Å². The summed E-state index contributed by atoms with van der Waals surface area (Å²) in [4.78, 5) is 23.7. The first-order valence-corrected chi connectivity index (χ1v) is 5.72. The molecule has 2 atom stereocenters. The smallest absolute Gasteiger partial charge is 0.410 e. The van der Waals surface area contributed by atoms with Crippen LogP contribution in [0.1, 0.15) is 20.8 Å². The van der Waals surface area contributed by atoms with Crippen LogP contribution >= 0.6 is 15.9 Å². The van der Waals surface area contributed by atoms with E-state index >= 15 is 0 Å². The summed E-state index contributed by atoms with van der Waals surface area (Å²) < 4.78 is 5.46. The number of ketones is 1. The van der Waals surface area contributed by atoms with Gasteiger partial charge in [-0.3, -0.25) is 9.69 Å². The second kappa shape index (κ2) is 4.09. The summed E-state index contributed by atoms with van der Waals surface area (Å²) in [5.74, 6) is -0.185. The number of halogens is 1. The summed E-state index contributed by atoms with van der Waals surface area (Å²) in [6.45, 7) is 4.98. The zero-order valence-corrected chi connectivity index (χ0v) is 10.4. The SMILES string of the molecule is C[C@H]1OC(C)(C)N(C(=O)O)[C@@H]1C(=O)CBr. The van der Waals surface area contributed by atoms with E-state index in [0.29, 0.717) is 0 Å². The average Bonchev–Trinajstić information content (AvgIpc) is 2.33. The molecule has 1 saturated heterocycles. The van der Waals surface area contributed by atoms with Crippen LogP contribution in [0.4, 0.5) is 4.79 Å². The fourth-order valence-corrected chi connectivity index (χ4v) is 2.29. The number of rotatable bonds is 2. The van der Waals surface area contributed by atoms with Crippen molar-refractivity contribution in [2.75, 3.05) is 5.33 Å². The van der Waals surface area contributed by atoms with Gasteiger partial charge < -0.3 is 9.84 Å². The molecular formula is C9H14BrNO4. The number of carboxylic acid groups (broad SMARTS) is 1. The molecule has 15 heavy (non-hydrogen) atoms. The number of Topliss-reactive ketones (excluding diaryl/α,β-unsaturated/α-hetero) is 1. The second-order valence-corrected chi connectivity index (χ2v) is 4.53. The van der Waals surface area contributed by atoms with Crippen molar-refractivity contribution in [2.24, 2.45) is 0 Å². The van der Waals surface area contributed by atoms with Crippen molar-refractivity contribution >= 4 is 27.8 Å². The van der Waals surface area contributed by atoms with Gasteiger partial charge in [-0.2, -0.15) is 0 Å². The fourth-order valence-electron chi connectivity index (χ4n) is 1.96. The molecule has 0 bridgehead atoms. The first-order valence-electron chi connectivity index (χ1n) is 4.60. The van der Waals surface area contributed by atoms with E-state index in [1.54, 1.807) is 20.8 Å². The third kappa shape index (κ3) is 2.15. The Hall–Kier alpha value is -0.620. The van der Waals surface area contributed by atoms with Gasteiger partial charge in [0.25, 0.3) is 0 Å². The molecule has 1 N–H and O–H groups in total. The van der Waals surface area contributed by atoms with Crippen molar-refractivity contribution in [2.45, 2.75) is 38.6 Å². The molecule has 0 saturated carbocycles. The Balaban J connectivity index is 3.03. The molecular weight excluding hydrogens is 266 g/mol. The molecule has 0 aromatic carbocycles. The number of carbonyl (C=O) groups excluding carboxylic acids is 1. The molecule has 0 spiro atoms. The Morgan fingerprint density at radius 2 is 2.07 bits per heavy atom. The third-order valence-electron chi connectivity index (χ3n) is 2.44. The van der Waals surface area contributed by atoms with Gasteiger partial charge in [-0.1, -0.05) is 15.9 Å². The molecule has 0 aromatic rings. The van der Waals surface area contributed by atoms with Gasteiger partial charge in [-0.05, 0) is 20.8 Å². The Kier molecular flexibility index (Phi) is 3.40. The van der Waals surface area contributed by atoms with Gasteiger partial charge in [0.2, 0.25) is 0 Å². The molecule has 1 rings (SSSR count). The van der Waals surface area contributed by atoms with Gasteiger partial charge in [-0.25, -0.2) is 4.79 Å². The first-order chi connectivity index (χ1) is 6.81. The molecule has 0 radical (unpaired) electrons. The number of hydrogen-bond donors (Lipinski definition) is 1. The highest BCUT2D eigenvalue weighted by molar-refractivity contribution is 9.09. The lowest BCUT2D eigenvalue weighted by Gasteiger charge is -2.29. The molecule has 1 fully saturated rings. The van der Waals surface area contributed by atoms with Crippen molar-refractivity contribution in [3.63, 3.8) is 0 Å². The first kappa shape index (κ1) is 12.4. The Labute approximate surface area is 96.5 Å². The van der Waals surface area contributed by atoms with Gasteiger partial charge in [-0.15, -0.1) is 0 Å². The molecule has 1 heterocycles. The lowest BCUT2D eigenvalue weighted by atomic mass is 10.1. The largest absolute Gasteiger partial charge is 0.465 e. The van der Waals surface area contributed by atoms with Crippen LogP contribution in [-0.2, 0) is 9.53 Å². The standard InChI is InChI=1S/C9H14BrNO4/c1-5-7(6(12)4-10)11(8(13)14)9(2,3)15-5/h5,7H,4H2,1-3H3,(H,13,14)/t5-,7+/m1/s1. The van der Waals surface area contributed by atoms with E-state index < -0.39 is 24.0 Å². The van der Waals surface area contributed by atoms with Crippen LogP contribution in [0.2, 0.25) is 0 Å². The number of nitrogens with zero attached hydrogens (tertiary/aromatic N) is 1. The summed E-state index contributed by atoms with van der Waals surface area (Å²) in [6.07, 6.45) is -1.55. The highest BCUT2D eigenvalue weighted by Crippen LogP contribution is 2.32. The molecule has 5 nitrogen and oxygen atoms in total. The van der Waals surface area contributed by atoms with Crippen LogP contribution in [0, 0.1) is 0 Å².